The van der Waals surface area contributed by atoms with Gasteiger partial charge in [-0.2, -0.15) is 0 Å². The number of hydrogen-bond donors (Lipinski definition) is 0. The summed E-state index contributed by atoms with van der Waals surface area (Å²) in [6.07, 6.45) is 0. The van der Waals surface area contributed by atoms with Gasteiger partial charge >= 0.3 is 0 Å². The Morgan fingerprint density at radius 2 is 1.55 bits per heavy atom. The highest BCUT2D eigenvalue weighted by atomic mass is 31.1. The summed E-state index contributed by atoms with van der Waals surface area (Å²) >= 11 is 0. The van der Waals surface area contributed by atoms with Crippen molar-refractivity contribution in [2.45, 2.75) is 67.0 Å². The van der Waals surface area contributed by atoms with E-state index in [0.29, 0.717) is 15.2 Å². The molecule has 0 saturated carbocycles. The van der Waals surface area contributed by atoms with E-state index in [0.717, 1.165) is 25.4 Å². The maximum Gasteiger partial charge on any atom is 0.130 e. The van der Waals surface area contributed by atoms with E-state index < -0.39 is 0 Å². The third-order valence-corrected chi connectivity index (χ3v) is 7.88. The van der Waals surface area contributed by atoms with Gasteiger partial charge in [0, 0.05) is 11.8 Å². The normalized spacial score (nSPS) is 12.1. The zero-order valence-electron chi connectivity index (χ0n) is 21.5. The molecule has 0 heterocycles. The lowest BCUT2D eigenvalue weighted by atomic mass is 9.86. The van der Waals surface area contributed by atoms with Gasteiger partial charge < -0.3 is 4.74 Å². The molecule has 2 nitrogen and oxygen atoms in total. The fourth-order valence-electron chi connectivity index (χ4n) is 4.08. The second-order valence-electron chi connectivity index (χ2n) is 9.89. The molecule has 0 amide bonds. The van der Waals surface area contributed by atoms with Gasteiger partial charge in [-0.05, 0) is 71.5 Å². The van der Waals surface area contributed by atoms with Crippen LogP contribution in [0.2, 0.25) is 0 Å². The van der Waals surface area contributed by atoms with Crippen molar-refractivity contribution in [2.24, 2.45) is 0 Å². The molecule has 0 N–H and O–H groups in total. The molecule has 176 valence electrons. The van der Waals surface area contributed by atoms with Crippen molar-refractivity contribution in [1.29, 1.82) is 0 Å². The molecule has 3 aromatic carbocycles. The van der Waals surface area contributed by atoms with Crippen molar-refractivity contribution >= 4 is 19.2 Å². The fourth-order valence-corrected chi connectivity index (χ4v) is 5.57. The summed E-state index contributed by atoms with van der Waals surface area (Å²) in [5, 5.41) is 2.77. The molecule has 0 aliphatic heterocycles. The molecule has 0 aliphatic rings. The van der Waals surface area contributed by atoms with E-state index in [-0.39, 0.29) is 5.41 Å². The average molecular weight is 462 g/mol. The van der Waals surface area contributed by atoms with Gasteiger partial charge in [-0.1, -0.05) is 97.8 Å². The third kappa shape index (κ3) is 6.69. The first-order chi connectivity index (χ1) is 15.7. The van der Waals surface area contributed by atoms with Crippen molar-refractivity contribution < 1.29 is 4.74 Å². The Balaban J connectivity index is 2.03. The summed E-state index contributed by atoms with van der Waals surface area (Å²) < 4.78 is 6.49. The van der Waals surface area contributed by atoms with Gasteiger partial charge in [0.2, 0.25) is 0 Å². The largest absolute Gasteiger partial charge is 0.488 e. The van der Waals surface area contributed by atoms with Crippen molar-refractivity contribution in [3.05, 3.63) is 88.5 Å². The van der Waals surface area contributed by atoms with Crippen molar-refractivity contribution in [1.82, 2.24) is 4.90 Å². The first-order valence-electron chi connectivity index (χ1n) is 12.1. The molecule has 1 unspecified atom stereocenters. The standard InChI is InChI=1S/C30H40NOP/c1-8-31(9-2)20-25-17-13-14-22(3)29(25)33-27-19-26(30(5,6)7)18-23(4)28(27)32-21-24-15-11-10-12-16-24/h10-19,33H,8-9,20-21H2,1-7H3. The summed E-state index contributed by atoms with van der Waals surface area (Å²) in [6, 6.07) is 21.9. The van der Waals surface area contributed by atoms with E-state index in [1.54, 1.807) is 0 Å². The van der Waals surface area contributed by atoms with Crippen LogP contribution in [0.15, 0.2) is 60.7 Å². The Morgan fingerprint density at radius 1 is 0.848 bits per heavy atom. The Hall–Kier alpha value is -2.15. The van der Waals surface area contributed by atoms with Crippen LogP contribution in [0.25, 0.3) is 0 Å². The number of ether oxygens (including phenoxy) is 1. The Labute approximate surface area is 203 Å². The lowest BCUT2D eigenvalue weighted by molar-refractivity contribution is 0.296. The minimum absolute atomic E-state index is 0.0950. The van der Waals surface area contributed by atoms with Gasteiger partial charge in [-0.15, -0.1) is 0 Å². The second kappa shape index (κ2) is 11.3. The van der Waals surface area contributed by atoms with E-state index in [1.807, 2.05) is 0 Å². The molecule has 3 rings (SSSR count). The van der Waals surface area contributed by atoms with E-state index in [2.05, 4.69) is 114 Å². The lowest BCUT2D eigenvalue weighted by Gasteiger charge is -2.25. The minimum Gasteiger partial charge on any atom is -0.488 e. The number of hydrogen-bond acceptors (Lipinski definition) is 2. The average Bonchev–Trinajstić information content (AvgIpc) is 2.78. The van der Waals surface area contributed by atoms with Crippen molar-refractivity contribution in [3.8, 4) is 5.75 Å². The van der Waals surface area contributed by atoms with Crippen LogP contribution in [0.1, 0.15) is 62.4 Å². The van der Waals surface area contributed by atoms with Crippen molar-refractivity contribution in [2.75, 3.05) is 13.1 Å². The van der Waals surface area contributed by atoms with Crippen LogP contribution in [0, 0.1) is 13.8 Å². The molecule has 33 heavy (non-hydrogen) atoms. The van der Waals surface area contributed by atoms with Gasteiger partial charge in [0.25, 0.3) is 0 Å². The molecular weight excluding hydrogens is 421 g/mol. The molecule has 0 radical (unpaired) electrons. The molecule has 0 fully saturated rings. The van der Waals surface area contributed by atoms with Gasteiger partial charge in [0.05, 0.1) is 0 Å². The zero-order valence-corrected chi connectivity index (χ0v) is 22.5. The van der Waals surface area contributed by atoms with Gasteiger partial charge in [0.1, 0.15) is 12.4 Å². The monoisotopic (exact) mass is 461 g/mol. The van der Waals surface area contributed by atoms with E-state index in [1.165, 1.54) is 38.4 Å². The predicted octanol–water partition coefficient (Wildman–Crippen LogP) is 6.65. The first kappa shape index (κ1) is 25.5. The highest BCUT2D eigenvalue weighted by Gasteiger charge is 2.20. The number of benzene rings is 3. The molecule has 3 heteroatoms. The first-order valence-corrected chi connectivity index (χ1v) is 13.1. The van der Waals surface area contributed by atoms with Crippen LogP contribution < -0.4 is 15.3 Å². The van der Waals surface area contributed by atoms with E-state index >= 15 is 0 Å². The van der Waals surface area contributed by atoms with Crippen LogP contribution in [-0.4, -0.2) is 18.0 Å². The molecule has 0 bridgehead atoms. The maximum absolute atomic E-state index is 6.49. The number of rotatable bonds is 9. The van der Waals surface area contributed by atoms with Crippen LogP contribution >= 0.6 is 8.58 Å². The Kier molecular flexibility index (Phi) is 8.74. The lowest BCUT2D eigenvalue weighted by Crippen LogP contribution is -2.26. The molecule has 3 aromatic rings. The molecule has 0 spiro atoms. The quantitative estimate of drug-likeness (QED) is 0.331. The minimum atomic E-state index is 0.0950. The fraction of sp³-hybridized carbons (Fsp3) is 0.400. The summed E-state index contributed by atoms with van der Waals surface area (Å²) in [5.74, 6) is 1.04. The number of aryl methyl sites for hydroxylation is 2. The van der Waals surface area contributed by atoms with Crippen molar-refractivity contribution in [3.63, 3.8) is 0 Å². The molecular formula is C30H40NOP. The highest BCUT2D eigenvalue weighted by Crippen LogP contribution is 2.32. The zero-order chi connectivity index (χ0) is 24.0. The Morgan fingerprint density at radius 3 is 2.18 bits per heavy atom. The topological polar surface area (TPSA) is 12.5 Å². The maximum atomic E-state index is 6.49. The van der Waals surface area contributed by atoms with Gasteiger partial charge in [-0.3, -0.25) is 4.90 Å². The predicted molar refractivity (Wildman–Crippen MR) is 146 cm³/mol. The Bertz CT molecular complexity index is 1050. The second-order valence-corrected chi connectivity index (χ2v) is 11.2. The van der Waals surface area contributed by atoms with Crippen LogP contribution in [0.3, 0.4) is 0 Å². The summed E-state index contributed by atoms with van der Waals surface area (Å²) in [4.78, 5) is 2.49. The molecule has 1 atom stereocenters. The smallest absolute Gasteiger partial charge is 0.130 e. The van der Waals surface area contributed by atoms with Gasteiger partial charge in [0.15, 0.2) is 0 Å². The molecule has 0 aromatic heterocycles. The van der Waals surface area contributed by atoms with Crippen LogP contribution in [0.4, 0.5) is 0 Å². The summed E-state index contributed by atoms with van der Waals surface area (Å²) in [5.41, 5.74) is 6.69. The summed E-state index contributed by atoms with van der Waals surface area (Å²) in [6.45, 7) is 19.5. The SMILES string of the molecule is CCN(CC)Cc1cccc(C)c1Pc1cc(C(C)(C)C)cc(C)c1OCc1ccccc1. The summed E-state index contributed by atoms with van der Waals surface area (Å²) in [7, 11) is 0.563. The molecule has 0 aliphatic carbocycles. The van der Waals surface area contributed by atoms with Crippen LogP contribution in [0.5, 0.6) is 5.75 Å². The molecule has 0 saturated heterocycles. The van der Waals surface area contributed by atoms with Gasteiger partial charge in [-0.25, -0.2) is 0 Å². The number of nitrogens with zero attached hydrogens (tertiary/aromatic N) is 1. The van der Waals surface area contributed by atoms with E-state index in [4.69, 9.17) is 4.74 Å². The van der Waals surface area contributed by atoms with E-state index in [9.17, 15) is 0 Å². The third-order valence-electron chi connectivity index (χ3n) is 6.27. The highest BCUT2D eigenvalue weighted by molar-refractivity contribution is 7.56. The van der Waals surface area contributed by atoms with Crippen LogP contribution in [-0.2, 0) is 18.6 Å².